The van der Waals surface area contributed by atoms with Crippen molar-refractivity contribution in [1.82, 2.24) is 16.0 Å². The van der Waals surface area contributed by atoms with Crippen molar-refractivity contribution < 1.29 is 28.4 Å². The number of pyridine rings is 1. The van der Waals surface area contributed by atoms with Crippen molar-refractivity contribution >= 4 is 24.8 Å². The number of nitrogens with zero attached hydrogens (tertiary/aromatic N) is 1. The second-order valence-corrected chi connectivity index (χ2v) is 13.6. The summed E-state index contributed by atoms with van der Waals surface area (Å²) >= 11 is 0. The molecule has 4 aliphatic rings. The molecule has 4 fully saturated rings. The van der Waals surface area contributed by atoms with Gasteiger partial charge in [-0.2, -0.15) is 4.73 Å². The zero-order chi connectivity index (χ0) is 31.1. The topological polar surface area (TPSA) is 133 Å². The van der Waals surface area contributed by atoms with Crippen LogP contribution >= 0.6 is 0 Å². The summed E-state index contributed by atoms with van der Waals surface area (Å²) in [5.74, 6) is -0.916. The van der Waals surface area contributed by atoms with E-state index in [9.17, 15) is 19.6 Å². The number of aryl methyl sites for hydroxylation is 1. The van der Waals surface area contributed by atoms with Crippen molar-refractivity contribution in [2.24, 2.45) is 23.2 Å². The highest BCUT2D eigenvalue weighted by Gasteiger charge is 2.68. The Morgan fingerprint density at radius 2 is 1.77 bits per heavy atom. The molecule has 230 valence electrons. The second kappa shape index (κ2) is 11.9. The van der Waals surface area contributed by atoms with Crippen molar-refractivity contribution in [1.29, 1.82) is 0 Å². The molecule has 10 nitrogen and oxygen atoms in total. The Bertz CT molecular complexity index is 1370. The van der Waals surface area contributed by atoms with Gasteiger partial charge < -0.3 is 30.5 Å². The molecule has 2 aromatic rings. The molecule has 6 rings (SSSR count). The van der Waals surface area contributed by atoms with E-state index in [0.29, 0.717) is 28.6 Å². The minimum atomic E-state index is -1.16. The third-order valence-corrected chi connectivity index (χ3v) is 9.81. The summed E-state index contributed by atoms with van der Waals surface area (Å²) in [5.41, 5.74) is 1.02. The van der Waals surface area contributed by atoms with Crippen LogP contribution in [0.1, 0.15) is 80.3 Å². The van der Waals surface area contributed by atoms with Crippen LogP contribution in [0.4, 0.5) is 0 Å². The molecule has 1 aromatic carbocycles. The number of benzene rings is 1. The van der Waals surface area contributed by atoms with Crippen molar-refractivity contribution in [3.05, 3.63) is 70.7 Å². The molecule has 3 amide bonds. The summed E-state index contributed by atoms with van der Waals surface area (Å²) in [4.78, 5) is 39.8. The molecule has 1 aromatic heterocycles. The average molecular weight is 591 g/mol. The van der Waals surface area contributed by atoms with E-state index in [2.05, 4.69) is 50.6 Å². The Hall–Kier alpha value is -3.44. The van der Waals surface area contributed by atoms with Crippen LogP contribution in [0.25, 0.3) is 0 Å². The molecule has 3 saturated carbocycles. The summed E-state index contributed by atoms with van der Waals surface area (Å²) in [6, 6.07) is 10.3. The van der Waals surface area contributed by atoms with Gasteiger partial charge >= 0.3 is 13.0 Å². The van der Waals surface area contributed by atoms with Crippen molar-refractivity contribution in [2.45, 2.75) is 84.5 Å². The lowest BCUT2D eigenvalue weighted by Gasteiger charge is -2.64. The number of rotatable bonds is 10. The van der Waals surface area contributed by atoms with Gasteiger partial charge in [-0.05, 0) is 74.5 Å². The monoisotopic (exact) mass is 590 g/mol. The summed E-state index contributed by atoms with van der Waals surface area (Å²) in [6.45, 7) is 12.6. The normalized spacial score (nSPS) is 26.6. The van der Waals surface area contributed by atoms with Crippen LogP contribution < -0.4 is 20.7 Å². The Morgan fingerprint density at radius 1 is 1.05 bits per heavy atom. The predicted molar refractivity (Wildman–Crippen MR) is 162 cm³/mol. The minimum absolute atomic E-state index is 0.0456. The van der Waals surface area contributed by atoms with Crippen LogP contribution in [0.2, 0.25) is 0 Å². The van der Waals surface area contributed by atoms with E-state index in [1.165, 1.54) is 18.3 Å². The van der Waals surface area contributed by atoms with Gasteiger partial charge in [-0.15, -0.1) is 0 Å². The smallest absolute Gasteiger partial charge is 0.481 e. The van der Waals surface area contributed by atoms with E-state index in [4.69, 9.17) is 9.31 Å². The SMILES string of the molecule is Cc1ccc(C(=O)NC[C@H](NC(=O)c2cccc[n+]2[O-])C(=O)N[C@@H](CC(C)C)B2O[C@@H]3C[C@H]4C[C@H](C4(C)C)[C@]3(C)O2)cc1. The van der Waals surface area contributed by atoms with E-state index < -0.39 is 36.5 Å². The van der Waals surface area contributed by atoms with Crippen LogP contribution in [-0.2, 0) is 14.1 Å². The number of carbonyl (C=O) groups excluding carboxylic acids is 3. The van der Waals surface area contributed by atoms with E-state index in [1.807, 2.05) is 19.1 Å². The van der Waals surface area contributed by atoms with Gasteiger partial charge in [0.1, 0.15) is 6.04 Å². The molecule has 0 unspecified atom stereocenters. The van der Waals surface area contributed by atoms with Crippen molar-refractivity contribution in [2.75, 3.05) is 6.54 Å². The Kier molecular flexibility index (Phi) is 8.60. The van der Waals surface area contributed by atoms with Crippen LogP contribution in [0.15, 0.2) is 48.7 Å². The highest BCUT2D eigenvalue weighted by atomic mass is 16.7. The molecule has 3 aliphatic carbocycles. The molecule has 11 heteroatoms. The van der Waals surface area contributed by atoms with Crippen LogP contribution in [-0.4, -0.2) is 55.1 Å². The second-order valence-electron chi connectivity index (χ2n) is 13.6. The standard InChI is InChI=1S/C32H43BN4O6/c1-19(2)15-27(33-42-26-17-22-16-25(31(22,4)5)32(26,6)43-33)36-29(39)23(35-30(40)24-9-7-8-14-37(24)41)18-34-28(38)21-12-10-20(3)11-13-21/h7-14,19,22-23,25-27H,15-18H2,1-6H3,(H,34,38)(H,35,40)(H,36,39)/t22-,23+,25-,26-,27+,32+/m1/s1. The molecular weight excluding hydrogens is 547 g/mol. The Balaban J connectivity index is 1.33. The lowest BCUT2D eigenvalue weighted by Crippen LogP contribution is -2.65. The van der Waals surface area contributed by atoms with E-state index in [1.54, 1.807) is 18.2 Å². The van der Waals surface area contributed by atoms with Crippen LogP contribution in [0, 0.1) is 35.3 Å². The molecule has 43 heavy (non-hydrogen) atoms. The fourth-order valence-corrected chi connectivity index (χ4v) is 7.15. The van der Waals surface area contributed by atoms with Crippen molar-refractivity contribution in [3.63, 3.8) is 0 Å². The van der Waals surface area contributed by atoms with Gasteiger partial charge in [0.2, 0.25) is 5.91 Å². The molecule has 1 saturated heterocycles. The lowest BCUT2D eigenvalue weighted by molar-refractivity contribution is -0.607. The van der Waals surface area contributed by atoms with Crippen molar-refractivity contribution in [3.8, 4) is 0 Å². The predicted octanol–water partition coefficient (Wildman–Crippen LogP) is 2.96. The van der Waals surface area contributed by atoms with Gasteiger partial charge in [-0.1, -0.05) is 45.4 Å². The minimum Gasteiger partial charge on any atom is -0.618 e. The van der Waals surface area contributed by atoms with E-state index in [-0.39, 0.29) is 35.6 Å². The average Bonchev–Trinajstić information content (AvgIpc) is 3.32. The number of amides is 3. The first-order valence-electron chi connectivity index (χ1n) is 15.3. The molecule has 0 radical (unpaired) electrons. The zero-order valence-electron chi connectivity index (χ0n) is 25.9. The third kappa shape index (κ3) is 6.15. The summed E-state index contributed by atoms with van der Waals surface area (Å²) < 4.78 is 13.6. The van der Waals surface area contributed by atoms with Gasteiger partial charge in [0.05, 0.1) is 17.6 Å². The molecule has 3 N–H and O–H groups in total. The van der Waals surface area contributed by atoms with Crippen LogP contribution in [0.3, 0.4) is 0 Å². The lowest BCUT2D eigenvalue weighted by atomic mass is 9.43. The van der Waals surface area contributed by atoms with Gasteiger partial charge in [0, 0.05) is 24.2 Å². The summed E-state index contributed by atoms with van der Waals surface area (Å²) in [5, 5.41) is 20.7. The first-order chi connectivity index (χ1) is 20.3. The van der Waals surface area contributed by atoms with E-state index >= 15 is 0 Å². The molecular formula is C32H43BN4O6. The fraction of sp³-hybridized carbons (Fsp3) is 0.562. The Labute approximate surface area is 254 Å². The molecule has 6 atom stereocenters. The fourth-order valence-electron chi connectivity index (χ4n) is 7.15. The number of hydrogen-bond acceptors (Lipinski definition) is 6. The van der Waals surface area contributed by atoms with Gasteiger partial charge in [-0.25, -0.2) is 0 Å². The molecule has 2 bridgehead atoms. The van der Waals surface area contributed by atoms with E-state index in [0.717, 1.165) is 18.4 Å². The first kappa shape index (κ1) is 31.0. The largest absolute Gasteiger partial charge is 0.618 e. The number of carbonyl (C=O) groups is 3. The quantitative estimate of drug-likeness (QED) is 0.222. The maximum absolute atomic E-state index is 13.8. The maximum atomic E-state index is 13.8. The highest BCUT2D eigenvalue weighted by Crippen LogP contribution is 2.65. The van der Waals surface area contributed by atoms with Crippen LogP contribution in [0.5, 0.6) is 0 Å². The van der Waals surface area contributed by atoms with Gasteiger partial charge in [0.25, 0.3) is 11.6 Å². The first-order valence-corrected chi connectivity index (χ1v) is 15.3. The third-order valence-electron chi connectivity index (χ3n) is 9.81. The molecule has 0 spiro atoms. The summed E-state index contributed by atoms with van der Waals surface area (Å²) in [6.07, 6.45) is 3.80. The molecule has 2 heterocycles. The maximum Gasteiger partial charge on any atom is 0.481 e. The number of hydrogen-bond donors (Lipinski definition) is 3. The Morgan fingerprint density at radius 3 is 2.42 bits per heavy atom. The highest BCUT2D eigenvalue weighted by molar-refractivity contribution is 6.48. The van der Waals surface area contributed by atoms with Gasteiger partial charge in [-0.3, -0.25) is 14.4 Å². The zero-order valence-corrected chi connectivity index (χ0v) is 25.9. The van der Waals surface area contributed by atoms with Gasteiger partial charge in [0.15, 0.2) is 6.20 Å². The molecule has 1 aliphatic heterocycles. The summed E-state index contributed by atoms with van der Waals surface area (Å²) in [7, 11) is -0.645. The number of nitrogens with one attached hydrogen (secondary N) is 3. The number of aromatic nitrogens is 1.